The topological polar surface area (TPSA) is 39.7 Å². The molecule has 5 rings (SSSR count). The molecule has 1 aliphatic carbocycles. The molecule has 1 fully saturated rings. The van der Waals surface area contributed by atoms with Gasteiger partial charge in [-0.25, -0.2) is 0 Å². The summed E-state index contributed by atoms with van der Waals surface area (Å²) in [5.74, 6) is 2.53. The van der Waals surface area contributed by atoms with Crippen molar-refractivity contribution in [2.45, 2.75) is 51.5 Å². The Morgan fingerprint density at radius 1 is 0.829 bits per heavy atom. The first-order chi connectivity index (χ1) is 17.3. The van der Waals surface area contributed by atoms with Crippen LogP contribution in [-0.4, -0.2) is 26.0 Å². The summed E-state index contributed by atoms with van der Waals surface area (Å²) < 4.78 is 17.2. The predicted octanol–water partition coefficient (Wildman–Crippen LogP) is 7.09. The zero-order chi connectivity index (χ0) is 23.9. The van der Waals surface area contributed by atoms with Crippen LogP contribution in [0.25, 0.3) is 11.1 Å². The third kappa shape index (κ3) is 5.71. The molecule has 4 heteroatoms. The van der Waals surface area contributed by atoms with Crippen LogP contribution in [-0.2, 0) is 0 Å². The van der Waals surface area contributed by atoms with Crippen LogP contribution in [0.15, 0.2) is 72.8 Å². The van der Waals surface area contributed by atoms with Crippen molar-refractivity contribution >= 4 is 11.1 Å². The van der Waals surface area contributed by atoms with Gasteiger partial charge >= 0.3 is 0 Å². The molecule has 4 nitrogen and oxygen atoms in total. The number of ether oxygens (including phenoxy) is 3. The molecule has 3 aromatic rings. The van der Waals surface area contributed by atoms with Crippen LogP contribution in [0.3, 0.4) is 0 Å². The van der Waals surface area contributed by atoms with Crippen LogP contribution in [0.2, 0.25) is 0 Å². The van der Waals surface area contributed by atoms with Crippen LogP contribution in [0.5, 0.6) is 17.2 Å². The van der Waals surface area contributed by atoms with Gasteiger partial charge in [-0.1, -0.05) is 74.7 Å². The van der Waals surface area contributed by atoms with Crippen molar-refractivity contribution in [3.8, 4) is 17.2 Å². The number of rotatable bonds is 9. The summed E-state index contributed by atoms with van der Waals surface area (Å²) in [5, 5.41) is 3.65. The highest BCUT2D eigenvalue weighted by Crippen LogP contribution is 2.39. The summed E-state index contributed by atoms with van der Waals surface area (Å²) in [4.78, 5) is 0. The van der Waals surface area contributed by atoms with Gasteiger partial charge in [-0.2, -0.15) is 0 Å². The van der Waals surface area contributed by atoms with Gasteiger partial charge in [-0.3, -0.25) is 0 Å². The fourth-order valence-corrected chi connectivity index (χ4v) is 5.19. The maximum Gasteiger partial charge on any atom is 0.231 e. The first kappa shape index (κ1) is 23.5. The van der Waals surface area contributed by atoms with Gasteiger partial charge in [-0.15, -0.1) is 0 Å². The molecule has 0 bridgehead atoms. The van der Waals surface area contributed by atoms with Crippen molar-refractivity contribution in [1.82, 2.24) is 5.32 Å². The second-order valence-electron chi connectivity index (χ2n) is 9.30. The molecule has 1 N–H and O–H groups in total. The summed E-state index contributed by atoms with van der Waals surface area (Å²) in [6.45, 7) is 4.08. The lowest BCUT2D eigenvalue weighted by Crippen LogP contribution is -2.34. The van der Waals surface area contributed by atoms with Crippen LogP contribution >= 0.6 is 0 Å². The fraction of sp³-hybridized carbons (Fsp3) is 0.355. The maximum atomic E-state index is 6.05. The normalized spacial score (nSPS) is 16.1. The largest absolute Gasteiger partial charge is 0.492 e. The van der Waals surface area contributed by atoms with Crippen molar-refractivity contribution in [2.24, 2.45) is 0 Å². The monoisotopic (exact) mass is 469 g/mol. The number of fused-ring (bicyclic) bond motifs is 1. The molecule has 0 saturated heterocycles. The number of benzene rings is 3. The number of nitrogens with one attached hydrogen (secondary N) is 1. The Hall–Kier alpha value is -3.24. The molecule has 0 spiro atoms. The lowest BCUT2D eigenvalue weighted by molar-refractivity contribution is 0.174. The average molecular weight is 470 g/mol. The molecule has 0 atom stereocenters. The summed E-state index contributed by atoms with van der Waals surface area (Å²) in [7, 11) is 0. The van der Waals surface area contributed by atoms with Crippen LogP contribution in [0, 0.1) is 0 Å². The molecule has 0 amide bonds. The summed E-state index contributed by atoms with van der Waals surface area (Å²) in [6.07, 6.45) is 7.58. The van der Waals surface area contributed by atoms with E-state index in [2.05, 4.69) is 79.0 Å². The number of allylic oxidation sites excluding steroid dienone is 1. The van der Waals surface area contributed by atoms with Crippen molar-refractivity contribution < 1.29 is 14.2 Å². The average Bonchev–Trinajstić information content (AvgIpc) is 3.39. The molecule has 0 aromatic heterocycles. The SMILES string of the molecule is CC/C(=C(\c1ccccc1)c1ccc(OCCNC2CCCCC2)cc1)c1ccc2c(c1)OCO2. The minimum Gasteiger partial charge on any atom is -0.492 e. The van der Waals surface area contributed by atoms with Crippen molar-refractivity contribution in [1.29, 1.82) is 0 Å². The van der Waals surface area contributed by atoms with Crippen LogP contribution < -0.4 is 19.5 Å². The van der Waals surface area contributed by atoms with E-state index in [1.54, 1.807) is 0 Å². The van der Waals surface area contributed by atoms with E-state index in [1.807, 2.05) is 6.07 Å². The van der Waals surface area contributed by atoms with Gasteiger partial charge in [0.15, 0.2) is 11.5 Å². The van der Waals surface area contributed by atoms with E-state index < -0.39 is 0 Å². The van der Waals surface area contributed by atoms with Gasteiger partial charge in [0.2, 0.25) is 6.79 Å². The first-order valence-electron chi connectivity index (χ1n) is 13.0. The van der Waals surface area contributed by atoms with E-state index >= 15 is 0 Å². The fourth-order valence-electron chi connectivity index (χ4n) is 5.19. The zero-order valence-electron chi connectivity index (χ0n) is 20.6. The molecule has 35 heavy (non-hydrogen) atoms. The quantitative estimate of drug-likeness (QED) is 0.268. The van der Waals surface area contributed by atoms with Gasteiger partial charge in [0.05, 0.1) is 0 Å². The molecule has 0 radical (unpaired) electrons. The molecule has 2 aliphatic rings. The van der Waals surface area contributed by atoms with Gasteiger partial charge in [0.1, 0.15) is 12.4 Å². The lowest BCUT2D eigenvalue weighted by atomic mass is 9.88. The summed E-state index contributed by atoms with van der Waals surface area (Å²) in [6, 6.07) is 26.0. The van der Waals surface area contributed by atoms with E-state index in [9.17, 15) is 0 Å². The van der Waals surface area contributed by atoms with E-state index in [0.717, 1.165) is 35.8 Å². The van der Waals surface area contributed by atoms with Crippen molar-refractivity contribution in [2.75, 3.05) is 19.9 Å². The Balaban J connectivity index is 1.36. The highest BCUT2D eigenvalue weighted by atomic mass is 16.7. The Kier molecular flexibility index (Phi) is 7.69. The Bertz CT molecular complexity index is 1130. The first-order valence-corrected chi connectivity index (χ1v) is 13.0. The number of hydrogen-bond donors (Lipinski definition) is 1. The molecular weight excluding hydrogens is 434 g/mol. The highest BCUT2D eigenvalue weighted by molar-refractivity contribution is 5.98. The van der Waals surface area contributed by atoms with Gasteiger partial charge in [0, 0.05) is 12.6 Å². The molecule has 1 aliphatic heterocycles. The van der Waals surface area contributed by atoms with Crippen LogP contribution in [0.4, 0.5) is 0 Å². The Morgan fingerprint density at radius 2 is 1.54 bits per heavy atom. The molecule has 182 valence electrons. The molecule has 1 saturated carbocycles. The van der Waals surface area contributed by atoms with Crippen molar-refractivity contribution in [3.63, 3.8) is 0 Å². The maximum absolute atomic E-state index is 6.05. The second kappa shape index (κ2) is 11.5. The molecule has 3 aromatic carbocycles. The summed E-state index contributed by atoms with van der Waals surface area (Å²) in [5.41, 5.74) is 6.05. The highest BCUT2D eigenvalue weighted by Gasteiger charge is 2.18. The molecule has 0 unspecified atom stereocenters. The smallest absolute Gasteiger partial charge is 0.231 e. The third-order valence-electron chi connectivity index (χ3n) is 6.99. The minimum absolute atomic E-state index is 0.285. The van der Waals surface area contributed by atoms with E-state index in [1.165, 1.54) is 54.4 Å². The second-order valence-corrected chi connectivity index (χ2v) is 9.30. The molecular formula is C31H35NO3. The Morgan fingerprint density at radius 3 is 2.31 bits per heavy atom. The van der Waals surface area contributed by atoms with Gasteiger partial charge < -0.3 is 19.5 Å². The van der Waals surface area contributed by atoms with Gasteiger partial charge in [0.25, 0.3) is 0 Å². The van der Waals surface area contributed by atoms with E-state index in [4.69, 9.17) is 14.2 Å². The lowest BCUT2D eigenvalue weighted by Gasteiger charge is -2.22. The van der Waals surface area contributed by atoms with Gasteiger partial charge in [-0.05, 0) is 71.4 Å². The Labute approximate surface area is 208 Å². The van der Waals surface area contributed by atoms with E-state index in [0.29, 0.717) is 12.6 Å². The van der Waals surface area contributed by atoms with Crippen molar-refractivity contribution in [3.05, 3.63) is 89.5 Å². The van der Waals surface area contributed by atoms with E-state index in [-0.39, 0.29) is 6.79 Å². The van der Waals surface area contributed by atoms with Crippen LogP contribution in [0.1, 0.15) is 62.1 Å². The standard InChI is InChI=1S/C31H35NO3/c1-2-28(25-15-18-29-30(21-25)35-22-34-29)31(23-9-5-3-6-10-23)24-13-16-27(17-14-24)33-20-19-32-26-11-7-4-8-12-26/h3,5-6,9-10,13-18,21,26,32H,2,4,7-8,11-12,19-20,22H2,1H3/b31-28-. The third-order valence-corrected chi connectivity index (χ3v) is 6.99. The summed E-state index contributed by atoms with van der Waals surface area (Å²) >= 11 is 0. The minimum atomic E-state index is 0.285. The molecule has 1 heterocycles. The predicted molar refractivity (Wildman–Crippen MR) is 142 cm³/mol. The zero-order valence-corrected chi connectivity index (χ0v) is 20.6. The number of hydrogen-bond acceptors (Lipinski definition) is 4.